The molecule has 0 atom stereocenters. The van der Waals surface area contributed by atoms with Crippen molar-refractivity contribution >= 4 is 17.3 Å². The van der Waals surface area contributed by atoms with Crippen LogP contribution in [0.2, 0.25) is 0 Å². The number of nitrogens with two attached hydrogens (primary N) is 1. The second-order valence-electron chi connectivity index (χ2n) is 5.85. The Kier molecular flexibility index (Phi) is 3.94. The van der Waals surface area contributed by atoms with Crippen LogP contribution < -0.4 is 16.6 Å². The molecule has 1 saturated carbocycles. The number of nitrogens with zero attached hydrogens (tertiary/aromatic N) is 3. The standard InChI is InChI=1S/C14H22N6O/c15-19-11-8-20-7-6-16-13(20)12(18-11)17-9-14(10-21)4-2-1-3-5-14/h6-8,19,21H,1-5,9-10,15H2,(H,17,18). The normalized spacial score (nSPS) is 17.8. The van der Waals surface area contributed by atoms with E-state index in [4.69, 9.17) is 5.84 Å². The van der Waals surface area contributed by atoms with Crippen molar-refractivity contribution in [1.29, 1.82) is 0 Å². The van der Waals surface area contributed by atoms with Crippen LogP contribution in [0, 0.1) is 5.41 Å². The molecule has 2 aromatic heterocycles. The van der Waals surface area contributed by atoms with E-state index >= 15 is 0 Å². The number of aliphatic hydroxyl groups is 1. The van der Waals surface area contributed by atoms with Crippen LogP contribution in [0.4, 0.5) is 11.6 Å². The summed E-state index contributed by atoms with van der Waals surface area (Å²) in [4.78, 5) is 8.74. The summed E-state index contributed by atoms with van der Waals surface area (Å²) in [6, 6.07) is 0. The van der Waals surface area contributed by atoms with Gasteiger partial charge in [0.15, 0.2) is 17.3 Å². The minimum atomic E-state index is -0.0460. The number of aliphatic hydroxyl groups excluding tert-OH is 1. The highest BCUT2D eigenvalue weighted by atomic mass is 16.3. The molecule has 7 heteroatoms. The summed E-state index contributed by atoms with van der Waals surface area (Å²) in [7, 11) is 0. The van der Waals surface area contributed by atoms with E-state index in [0.29, 0.717) is 18.2 Å². The number of anilines is 2. The highest BCUT2D eigenvalue weighted by Gasteiger charge is 2.31. The lowest BCUT2D eigenvalue weighted by atomic mass is 9.74. The van der Waals surface area contributed by atoms with Crippen molar-refractivity contribution in [3.8, 4) is 0 Å². The van der Waals surface area contributed by atoms with Crippen molar-refractivity contribution in [3.05, 3.63) is 18.6 Å². The van der Waals surface area contributed by atoms with Crippen LogP contribution in [0.15, 0.2) is 18.6 Å². The number of nitrogen functional groups attached to an aromatic ring is 1. The molecule has 0 aromatic carbocycles. The maximum absolute atomic E-state index is 9.78. The Balaban J connectivity index is 1.82. The van der Waals surface area contributed by atoms with Crippen LogP contribution in [0.3, 0.4) is 0 Å². The van der Waals surface area contributed by atoms with Gasteiger partial charge in [-0.05, 0) is 12.8 Å². The van der Waals surface area contributed by atoms with Crippen LogP contribution >= 0.6 is 0 Å². The molecule has 0 amide bonds. The van der Waals surface area contributed by atoms with E-state index in [-0.39, 0.29) is 12.0 Å². The fourth-order valence-corrected chi connectivity index (χ4v) is 3.08. The van der Waals surface area contributed by atoms with Crippen LogP contribution in [0.1, 0.15) is 32.1 Å². The predicted octanol–water partition coefficient (Wildman–Crippen LogP) is 1.37. The summed E-state index contributed by atoms with van der Waals surface area (Å²) in [5.41, 5.74) is 3.28. The summed E-state index contributed by atoms with van der Waals surface area (Å²) in [5, 5.41) is 13.1. The second kappa shape index (κ2) is 5.87. The number of fused-ring (bicyclic) bond motifs is 1. The molecule has 1 aliphatic carbocycles. The molecule has 2 aromatic rings. The molecule has 0 unspecified atom stereocenters. The number of imidazole rings is 1. The lowest BCUT2D eigenvalue weighted by Crippen LogP contribution is -2.35. The molecule has 0 bridgehead atoms. The van der Waals surface area contributed by atoms with Gasteiger partial charge in [0, 0.05) is 24.4 Å². The molecule has 0 spiro atoms. The molecule has 114 valence electrons. The average Bonchev–Trinajstić information content (AvgIpc) is 3.02. The monoisotopic (exact) mass is 290 g/mol. The molecule has 1 fully saturated rings. The minimum Gasteiger partial charge on any atom is -0.396 e. The number of hydrogen-bond donors (Lipinski definition) is 4. The van der Waals surface area contributed by atoms with Crippen molar-refractivity contribution < 1.29 is 5.11 Å². The topological polar surface area (TPSA) is 100 Å². The first-order valence-electron chi connectivity index (χ1n) is 7.41. The van der Waals surface area contributed by atoms with Gasteiger partial charge in [-0.2, -0.15) is 0 Å². The maximum Gasteiger partial charge on any atom is 0.180 e. The fourth-order valence-electron chi connectivity index (χ4n) is 3.08. The van der Waals surface area contributed by atoms with E-state index in [0.717, 1.165) is 18.5 Å². The quantitative estimate of drug-likeness (QED) is 0.490. The zero-order valence-corrected chi connectivity index (χ0v) is 12.0. The number of aromatic nitrogens is 3. The zero-order chi connectivity index (χ0) is 14.7. The molecule has 5 N–H and O–H groups in total. The Morgan fingerprint density at radius 2 is 2.14 bits per heavy atom. The molecule has 21 heavy (non-hydrogen) atoms. The summed E-state index contributed by atoms with van der Waals surface area (Å²) in [6.07, 6.45) is 11.1. The van der Waals surface area contributed by atoms with Gasteiger partial charge in [-0.1, -0.05) is 19.3 Å². The highest BCUT2D eigenvalue weighted by Crippen LogP contribution is 2.36. The van der Waals surface area contributed by atoms with E-state index in [2.05, 4.69) is 20.7 Å². The molecule has 1 aliphatic rings. The van der Waals surface area contributed by atoms with Crippen molar-refractivity contribution in [3.63, 3.8) is 0 Å². The number of nitrogens with one attached hydrogen (secondary N) is 2. The summed E-state index contributed by atoms with van der Waals surface area (Å²) in [5.74, 6) is 6.72. The van der Waals surface area contributed by atoms with Gasteiger partial charge in [0.2, 0.25) is 0 Å². The average molecular weight is 290 g/mol. The Labute approximate surface area is 123 Å². The van der Waals surface area contributed by atoms with Crippen LogP contribution in [-0.2, 0) is 0 Å². The third kappa shape index (κ3) is 2.79. The van der Waals surface area contributed by atoms with E-state index in [1.165, 1.54) is 19.3 Å². The Morgan fingerprint density at radius 1 is 1.33 bits per heavy atom. The van der Waals surface area contributed by atoms with Gasteiger partial charge in [-0.3, -0.25) is 0 Å². The molecular formula is C14H22N6O. The van der Waals surface area contributed by atoms with Crippen LogP contribution in [-0.4, -0.2) is 32.6 Å². The third-order valence-electron chi connectivity index (χ3n) is 4.40. The first kappa shape index (κ1) is 14.1. The van der Waals surface area contributed by atoms with Gasteiger partial charge >= 0.3 is 0 Å². The van der Waals surface area contributed by atoms with Crippen molar-refractivity contribution in [1.82, 2.24) is 14.4 Å². The van der Waals surface area contributed by atoms with Crippen molar-refractivity contribution in [2.24, 2.45) is 11.3 Å². The van der Waals surface area contributed by atoms with Crippen molar-refractivity contribution in [2.45, 2.75) is 32.1 Å². The Hall–Kier alpha value is -1.86. The van der Waals surface area contributed by atoms with Gasteiger partial charge in [-0.25, -0.2) is 15.8 Å². The second-order valence-corrected chi connectivity index (χ2v) is 5.85. The lowest BCUT2D eigenvalue weighted by Gasteiger charge is -2.35. The van der Waals surface area contributed by atoms with Gasteiger partial charge in [-0.15, -0.1) is 0 Å². The SMILES string of the molecule is NNc1cn2ccnc2c(NCC2(CO)CCCCC2)n1. The smallest absolute Gasteiger partial charge is 0.180 e. The summed E-state index contributed by atoms with van der Waals surface area (Å²) in [6.45, 7) is 0.909. The summed E-state index contributed by atoms with van der Waals surface area (Å²) < 4.78 is 1.87. The fraction of sp³-hybridized carbons (Fsp3) is 0.571. The maximum atomic E-state index is 9.78. The van der Waals surface area contributed by atoms with E-state index in [9.17, 15) is 5.11 Å². The lowest BCUT2D eigenvalue weighted by molar-refractivity contribution is 0.0943. The molecule has 0 saturated heterocycles. The van der Waals surface area contributed by atoms with E-state index in [1.54, 1.807) is 12.4 Å². The Morgan fingerprint density at radius 3 is 2.86 bits per heavy atom. The number of hydrazine groups is 1. The minimum absolute atomic E-state index is 0.0460. The molecule has 0 aliphatic heterocycles. The van der Waals surface area contributed by atoms with Crippen molar-refractivity contribution in [2.75, 3.05) is 23.9 Å². The Bertz CT molecular complexity index is 605. The molecule has 2 heterocycles. The van der Waals surface area contributed by atoms with E-state index < -0.39 is 0 Å². The molecule has 7 nitrogen and oxygen atoms in total. The van der Waals surface area contributed by atoms with Crippen LogP contribution in [0.25, 0.3) is 5.65 Å². The molecule has 0 radical (unpaired) electrons. The largest absolute Gasteiger partial charge is 0.396 e. The first-order valence-corrected chi connectivity index (χ1v) is 7.41. The van der Waals surface area contributed by atoms with Gasteiger partial charge in [0.1, 0.15) is 0 Å². The molecular weight excluding hydrogens is 268 g/mol. The van der Waals surface area contributed by atoms with Gasteiger partial charge in [0.25, 0.3) is 0 Å². The molecule has 3 rings (SSSR count). The summed E-state index contributed by atoms with van der Waals surface area (Å²) >= 11 is 0. The van der Waals surface area contributed by atoms with E-state index in [1.807, 2.05) is 10.6 Å². The third-order valence-corrected chi connectivity index (χ3v) is 4.40. The van der Waals surface area contributed by atoms with Gasteiger partial charge in [0.05, 0.1) is 12.8 Å². The van der Waals surface area contributed by atoms with Gasteiger partial charge < -0.3 is 20.2 Å². The highest BCUT2D eigenvalue weighted by molar-refractivity contribution is 5.65. The van der Waals surface area contributed by atoms with Crippen LogP contribution in [0.5, 0.6) is 0 Å². The predicted molar refractivity (Wildman–Crippen MR) is 81.9 cm³/mol. The number of hydrogen-bond acceptors (Lipinski definition) is 6. The number of rotatable bonds is 5. The zero-order valence-electron chi connectivity index (χ0n) is 12.0. The first-order chi connectivity index (χ1) is 10.3.